The maximum absolute atomic E-state index is 13.6. The Balaban J connectivity index is 2.79. The van der Waals surface area contributed by atoms with Crippen molar-refractivity contribution in [1.82, 2.24) is 5.32 Å². The molecule has 0 heterocycles. The highest BCUT2D eigenvalue weighted by molar-refractivity contribution is 5.75. The normalized spacial score (nSPS) is 14.1. The van der Waals surface area contributed by atoms with E-state index in [1.165, 1.54) is 13.2 Å². The standard InChI is InChI=1S/C13H18FNO2/c1-4-12(15-9(2)13(16)17-3)10-7-5-6-8-11(10)14/h5-9,12,15H,4H2,1-3H3/t9-,12?/m0/s1. The average molecular weight is 239 g/mol. The summed E-state index contributed by atoms with van der Waals surface area (Å²) in [5.41, 5.74) is 0.575. The van der Waals surface area contributed by atoms with Crippen LogP contribution in [0.3, 0.4) is 0 Å². The fraction of sp³-hybridized carbons (Fsp3) is 0.462. The molecule has 0 aliphatic rings. The number of ether oxygens (including phenoxy) is 1. The van der Waals surface area contributed by atoms with E-state index in [0.717, 1.165) is 0 Å². The number of nitrogens with one attached hydrogen (secondary N) is 1. The van der Waals surface area contributed by atoms with E-state index in [0.29, 0.717) is 12.0 Å². The maximum atomic E-state index is 13.6. The van der Waals surface area contributed by atoms with Gasteiger partial charge in [-0.05, 0) is 19.4 Å². The number of hydrogen-bond acceptors (Lipinski definition) is 3. The van der Waals surface area contributed by atoms with Crippen LogP contribution in [-0.2, 0) is 9.53 Å². The molecular formula is C13H18FNO2. The zero-order valence-corrected chi connectivity index (χ0v) is 10.4. The monoisotopic (exact) mass is 239 g/mol. The summed E-state index contributed by atoms with van der Waals surface area (Å²) in [6.45, 7) is 3.64. The molecule has 0 spiro atoms. The van der Waals surface area contributed by atoms with Gasteiger partial charge in [0.1, 0.15) is 11.9 Å². The number of hydrogen-bond donors (Lipinski definition) is 1. The molecule has 0 aromatic heterocycles. The van der Waals surface area contributed by atoms with E-state index in [-0.39, 0.29) is 17.8 Å². The Hall–Kier alpha value is -1.42. The molecule has 0 fully saturated rings. The number of halogens is 1. The molecule has 0 aliphatic heterocycles. The summed E-state index contributed by atoms with van der Waals surface area (Å²) in [4.78, 5) is 11.3. The third-order valence-corrected chi connectivity index (χ3v) is 2.69. The molecule has 17 heavy (non-hydrogen) atoms. The van der Waals surface area contributed by atoms with Crippen LogP contribution in [0, 0.1) is 5.82 Å². The Morgan fingerprint density at radius 1 is 1.47 bits per heavy atom. The average Bonchev–Trinajstić information content (AvgIpc) is 2.35. The predicted octanol–water partition coefficient (Wildman–Crippen LogP) is 2.43. The second-order valence-corrected chi connectivity index (χ2v) is 3.89. The first kappa shape index (κ1) is 13.6. The lowest BCUT2D eigenvalue weighted by atomic mass is 10.0. The molecule has 1 N–H and O–H groups in total. The van der Waals surface area contributed by atoms with Crippen LogP contribution < -0.4 is 5.32 Å². The summed E-state index contributed by atoms with van der Waals surface area (Å²) in [6, 6.07) is 5.93. The summed E-state index contributed by atoms with van der Waals surface area (Å²) < 4.78 is 18.2. The minimum Gasteiger partial charge on any atom is -0.468 e. The van der Waals surface area contributed by atoms with Crippen LogP contribution in [0.25, 0.3) is 0 Å². The second-order valence-electron chi connectivity index (χ2n) is 3.89. The topological polar surface area (TPSA) is 38.3 Å². The number of esters is 1. The highest BCUT2D eigenvalue weighted by Crippen LogP contribution is 2.20. The Labute approximate surface area is 101 Å². The molecule has 0 saturated heterocycles. The molecule has 0 saturated carbocycles. The Morgan fingerprint density at radius 3 is 2.65 bits per heavy atom. The van der Waals surface area contributed by atoms with Crippen molar-refractivity contribution in [2.24, 2.45) is 0 Å². The summed E-state index contributed by atoms with van der Waals surface area (Å²) in [7, 11) is 1.34. The van der Waals surface area contributed by atoms with Gasteiger partial charge in [-0.3, -0.25) is 10.1 Å². The van der Waals surface area contributed by atoms with E-state index in [9.17, 15) is 9.18 Å². The lowest BCUT2D eigenvalue weighted by Gasteiger charge is -2.21. The summed E-state index contributed by atoms with van der Waals surface area (Å²) in [6.07, 6.45) is 0.697. The molecule has 0 aliphatic carbocycles. The first-order chi connectivity index (χ1) is 8.10. The Bertz CT molecular complexity index is 381. The van der Waals surface area contributed by atoms with E-state index in [1.54, 1.807) is 25.1 Å². The van der Waals surface area contributed by atoms with Gasteiger partial charge in [-0.2, -0.15) is 0 Å². The first-order valence-corrected chi connectivity index (χ1v) is 5.68. The van der Waals surface area contributed by atoms with Crippen LogP contribution in [0.5, 0.6) is 0 Å². The fourth-order valence-corrected chi connectivity index (χ4v) is 1.73. The van der Waals surface area contributed by atoms with Gasteiger partial charge in [0.2, 0.25) is 0 Å². The highest BCUT2D eigenvalue weighted by Gasteiger charge is 2.20. The van der Waals surface area contributed by atoms with Gasteiger partial charge in [0, 0.05) is 11.6 Å². The molecule has 1 aromatic carbocycles. The van der Waals surface area contributed by atoms with Crippen LogP contribution in [0.15, 0.2) is 24.3 Å². The molecule has 1 rings (SSSR count). The molecule has 3 nitrogen and oxygen atoms in total. The fourth-order valence-electron chi connectivity index (χ4n) is 1.73. The first-order valence-electron chi connectivity index (χ1n) is 5.68. The van der Waals surface area contributed by atoms with Gasteiger partial charge in [-0.1, -0.05) is 25.1 Å². The van der Waals surface area contributed by atoms with Gasteiger partial charge >= 0.3 is 5.97 Å². The SMILES string of the molecule is CCC(N[C@@H](C)C(=O)OC)c1ccccc1F. The zero-order chi connectivity index (χ0) is 12.8. The van der Waals surface area contributed by atoms with Crippen molar-refractivity contribution in [3.63, 3.8) is 0 Å². The molecule has 2 atom stereocenters. The lowest BCUT2D eigenvalue weighted by Crippen LogP contribution is -2.37. The van der Waals surface area contributed by atoms with Crippen molar-refractivity contribution >= 4 is 5.97 Å². The van der Waals surface area contributed by atoms with Crippen LogP contribution in [0.2, 0.25) is 0 Å². The van der Waals surface area contributed by atoms with Crippen molar-refractivity contribution in [3.8, 4) is 0 Å². The minimum absolute atomic E-state index is 0.190. The molecule has 1 aromatic rings. The van der Waals surface area contributed by atoms with E-state index in [2.05, 4.69) is 10.1 Å². The van der Waals surface area contributed by atoms with Gasteiger partial charge < -0.3 is 4.74 Å². The maximum Gasteiger partial charge on any atom is 0.322 e. The van der Waals surface area contributed by atoms with Crippen molar-refractivity contribution in [1.29, 1.82) is 0 Å². The number of carbonyl (C=O) groups excluding carboxylic acids is 1. The van der Waals surface area contributed by atoms with Crippen LogP contribution in [0.1, 0.15) is 31.9 Å². The minimum atomic E-state index is -0.454. The third-order valence-electron chi connectivity index (χ3n) is 2.69. The van der Waals surface area contributed by atoms with E-state index < -0.39 is 6.04 Å². The number of benzene rings is 1. The molecule has 0 amide bonds. The third kappa shape index (κ3) is 3.53. The van der Waals surface area contributed by atoms with Gasteiger partial charge in [0.25, 0.3) is 0 Å². The Kier molecular flexibility index (Phi) is 5.10. The van der Waals surface area contributed by atoms with Crippen LogP contribution in [0.4, 0.5) is 4.39 Å². The molecular weight excluding hydrogens is 221 g/mol. The van der Waals surface area contributed by atoms with Gasteiger partial charge in [-0.25, -0.2) is 4.39 Å². The molecule has 4 heteroatoms. The molecule has 0 bridgehead atoms. The molecule has 0 radical (unpaired) electrons. The Morgan fingerprint density at radius 2 is 2.12 bits per heavy atom. The van der Waals surface area contributed by atoms with Crippen molar-refractivity contribution in [2.45, 2.75) is 32.4 Å². The van der Waals surface area contributed by atoms with Crippen molar-refractivity contribution in [3.05, 3.63) is 35.6 Å². The molecule has 94 valence electrons. The number of methoxy groups -OCH3 is 1. The molecule has 1 unspecified atom stereocenters. The zero-order valence-electron chi connectivity index (χ0n) is 10.4. The van der Waals surface area contributed by atoms with Crippen molar-refractivity contribution < 1.29 is 13.9 Å². The van der Waals surface area contributed by atoms with Crippen LogP contribution in [-0.4, -0.2) is 19.1 Å². The second kappa shape index (κ2) is 6.35. The number of rotatable bonds is 5. The van der Waals surface area contributed by atoms with Crippen molar-refractivity contribution in [2.75, 3.05) is 7.11 Å². The van der Waals surface area contributed by atoms with Gasteiger partial charge in [-0.15, -0.1) is 0 Å². The number of carbonyl (C=O) groups is 1. The quantitative estimate of drug-likeness (QED) is 0.802. The van der Waals surface area contributed by atoms with E-state index in [1.807, 2.05) is 6.92 Å². The van der Waals surface area contributed by atoms with Gasteiger partial charge in [0.05, 0.1) is 7.11 Å². The smallest absolute Gasteiger partial charge is 0.322 e. The summed E-state index contributed by atoms with van der Waals surface area (Å²) in [5.74, 6) is -0.608. The largest absolute Gasteiger partial charge is 0.468 e. The highest BCUT2D eigenvalue weighted by atomic mass is 19.1. The summed E-state index contributed by atoms with van der Waals surface area (Å²) in [5, 5.41) is 3.06. The van der Waals surface area contributed by atoms with Crippen LogP contribution >= 0.6 is 0 Å². The lowest BCUT2D eigenvalue weighted by molar-refractivity contribution is -0.142. The summed E-state index contributed by atoms with van der Waals surface area (Å²) >= 11 is 0. The van der Waals surface area contributed by atoms with E-state index >= 15 is 0 Å². The van der Waals surface area contributed by atoms with E-state index in [4.69, 9.17) is 0 Å². The van der Waals surface area contributed by atoms with Gasteiger partial charge in [0.15, 0.2) is 0 Å². The predicted molar refractivity (Wildman–Crippen MR) is 64.0 cm³/mol.